The van der Waals surface area contributed by atoms with Crippen molar-refractivity contribution in [1.29, 1.82) is 0 Å². The number of carbonyl (C=O) groups excluding carboxylic acids is 5. The van der Waals surface area contributed by atoms with Crippen molar-refractivity contribution in [3.8, 4) is 0 Å². The van der Waals surface area contributed by atoms with Crippen molar-refractivity contribution in [2.45, 2.75) is 45.2 Å². The maximum absolute atomic E-state index is 12.2. The average Bonchev–Trinajstić information content (AvgIpc) is 2.97. The molecule has 1 rings (SSSR count). The smallest absolute Gasteiger partial charge is 0.312 e. The minimum Gasteiger partial charge on any atom is -0.466 e. The Hall–Kier alpha value is -2.65. The van der Waals surface area contributed by atoms with Crippen molar-refractivity contribution >= 4 is 29.7 Å². The lowest BCUT2D eigenvalue weighted by Gasteiger charge is -2.24. The third-order valence-corrected chi connectivity index (χ3v) is 3.60. The summed E-state index contributed by atoms with van der Waals surface area (Å²) in [7, 11) is 0. The van der Waals surface area contributed by atoms with Crippen LogP contribution in [0.4, 0.5) is 0 Å². The van der Waals surface area contributed by atoms with E-state index in [-0.39, 0.29) is 32.0 Å². The van der Waals surface area contributed by atoms with Crippen molar-refractivity contribution < 1.29 is 33.4 Å². The second kappa shape index (κ2) is 9.60. The van der Waals surface area contributed by atoms with E-state index in [1.54, 1.807) is 13.8 Å². The van der Waals surface area contributed by atoms with Gasteiger partial charge in [-0.3, -0.25) is 24.0 Å². The SMILES string of the molecule is CCOC(=O)C[C@H](C(=O)OCC)[C@H](NC(=O)[C@@H]1CCC(=O)N1)C(N)=O. The van der Waals surface area contributed by atoms with Gasteiger partial charge in [0.2, 0.25) is 17.7 Å². The molecule has 0 aromatic rings. The van der Waals surface area contributed by atoms with Crippen LogP contribution >= 0.6 is 0 Å². The second-order valence-corrected chi connectivity index (χ2v) is 5.42. The normalized spacial score (nSPS) is 18.6. The predicted molar refractivity (Wildman–Crippen MR) is 83.7 cm³/mol. The topological polar surface area (TPSA) is 154 Å². The molecule has 1 aliphatic heterocycles. The van der Waals surface area contributed by atoms with Gasteiger partial charge in [-0.15, -0.1) is 0 Å². The number of hydrogen-bond donors (Lipinski definition) is 3. The summed E-state index contributed by atoms with van der Waals surface area (Å²) in [5, 5.41) is 4.77. The zero-order valence-electron chi connectivity index (χ0n) is 14.2. The van der Waals surface area contributed by atoms with Crippen LogP contribution in [-0.4, -0.2) is 55.0 Å². The van der Waals surface area contributed by atoms with Gasteiger partial charge < -0.3 is 25.8 Å². The lowest BCUT2D eigenvalue weighted by atomic mass is 9.95. The molecule has 1 fully saturated rings. The minimum atomic E-state index is -1.46. The third-order valence-electron chi connectivity index (χ3n) is 3.60. The Bertz CT molecular complexity index is 549. The quantitative estimate of drug-likeness (QED) is 0.418. The van der Waals surface area contributed by atoms with E-state index in [4.69, 9.17) is 15.2 Å². The molecule has 10 nitrogen and oxygen atoms in total. The van der Waals surface area contributed by atoms with Crippen molar-refractivity contribution in [3.63, 3.8) is 0 Å². The summed E-state index contributed by atoms with van der Waals surface area (Å²) in [6.07, 6.45) is -0.0286. The maximum Gasteiger partial charge on any atom is 0.312 e. The number of rotatable bonds is 9. The molecule has 0 bridgehead atoms. The van der Waals surface area contributed by atoms with E-state index in [2.05, 4.69) is 10.6 Å². The molecular formula is C15H23N3O7. The summed E-state index contributed by atoms with van der Waals surface area (Å²) in [6, 6.07) is -2.28. The van der Waals surface area contributed by atoms with Gasteiger partial charge in [0.1, 0.15) is 12.1 Å². The van der Waals surface area contributed by atoms with E-state index in [1.165, 1.54) is 0 Å². The van der Waals surface area contributed by atoms with E-state index in [1.807, 2.05) is 0 Å². The Labute approximate surface area is 144 Å². The summed E-state index contributed by atoms with van der Waals surface area (Å²) in [4.78, 5) is 59.0. The Balaban J connectivity index is 2.91. The maximum atomic E-state index is 12.2. The average molecular weight is 357 g/mol. The fourth-order valence-corrected chi connectivity index (χ4v) is 2.42. The molecule has 3 atom stereocenters. The highest BCUT2D eigenvalue weighted by Crippen LogP contribution is 2.15. The second-order valence-electron chi connectivity index (χ2n) is 5.42. The monoisotopic (exact) mass is 357 g/mol. The lowest BCUT2D eigenvalue weighted by molar-refractivity contribution is -0.157. The van der Waals surface area contributed by atoms with E-state index >= 15 is 0 Å². The molecule has 140 valence electrons. The highest BCUT2D eigenvalue weighted by Gasteiger charge is 2.39. The molecule has 0 spiro atoms. The zero-order chi connectivity index (χ0) is 19.0. The molecule has 1 heterocycles. The number of nitrogens with two attached hydrogens (primary N) is 1. The fourth-order valence-electron chi connectivity index (χ4n) is 2.42. The third kappa shape index (κ3) is 6.05. The van der Waals surface area contributed by atoms with Gasteiger partial charge in [-0.25, -0.2) is 0 Å². The Morgan fingerprint density at radius 1 is 1.24 bits per heavy atom. The van der Waals surface area contributed by atoms with Crippen LogP contribution in [0.25, 0.3) is 0 Å². The van der Waals surface area contributed by atoms with Crippen molar-refractivity contribution in [1.82, 2.24) is 10.6 Å². The molecule has 4 N–H and O–H groups in total. The number of esters is 2. The van der Waals surface area contributed by atoms with Gasteiger partial charge in [-0.1, -0.05) is 0 Å². The van der Waals surface area contributed by atoms with Gasteiger partial charge in [0, 0.05) is 6.42 Å². The van der Waals surface area contributed by atoms with Gasteiger partial charge in [0.25, 0.3) is 0 Å². The van der Waals surface area contributed by atoms with Gasteiger partial charge in [0.05, 0.1) is 25.6 Å². The van der Waals surface area contributed by atoms with Gasteiger partial charge >= 0.3 is 11.9 Å². The van der Waals surface area contributed by atoms with Crippen LogP contribution in [0.3, 0.4) is 0 Å². The number of primary amides is 1. The molecule has 0 aromatic heterocycles. The van der Waals surface area contributed by atoms with Gasteiger partial charge in [-0.05, 0) is 20.3 Å². The molecule has 25 heavy (non-hydrogen) atoms. The van der Waals surface area contributed by atoms with Crippen LogP contribution in [0, 0.1) is 5.92 Å². The molecule has 1 saturated heterocycles. The van der Waals surface area contributed by atoms with E-state index in [0.717, 1.165) is 0 Å². The van der Waals surface area contributed by atoms with Crippen LogP contribution in [-0.2, 0) is 33.4 Å². The first-order valence-corrected chi connectivity index (χ1v) is 8.01. The predicted octanol–water partition coefficient (Wildman–Crippen LogP) is -1.63. The number of hydrogen-bond acceptors (Lipinski definition) is 7. The number of amides is 3. The van der Waals surface area contributed by atoms with Crippen LogP contribution in [0.15, 0.2) is 0 Å². The van der Waals surface area contributed by atoms with E-state index in [0.29, 0.717) is 0 Å². The molecule has 3 amide bonds. The molecule has 1 aliphatic rings. The first-order valence-electron chi connectivity index (χ1n) is 8.01. The Morgan fingerprint density at radius 3 is 2.36 bits per heavy atom. The Morgan fingerprint density at radius 2 is 1.88 bits per heavy atom. The summed E-state index contributed by atoms with van der Waals surface area (Å²) in [5.74, 6) is -4.85. The molecule has 10 heteroatoms. The summed E-state index contributed by atoms with van der Waals surface area (Å²) in [6.45, 7) is 3.27. The van der Waals surface area contributed by atoms with Gasteiger partial charge in [-0.2, -0.15) is 0 Å². The molecule has 0 aliphatic carbocycles. The van der Waals surface area contributed by atoms with Gasteiger partial charge in [0.15, 0.2) is 0 Å². The minimum absolute atomic E-state index is 0.0241. The standard InChI is InChI=1S/C15H23N3O7/c1-3-24-11(20)7-8(15(23)25-4-2)12(13(16)21)18-14(22)9-5-6-10(19)17-9/h8-9,12H,3-7H2,1-2H3,(H2,16,21)(H,17,19)(H,18,22)/t8-,9-,12-/m0/s1. The fraction of sp³-hybridized carbons (Fsp3) is 0.667. The van der Waals surface area contributed by atoms with Crippen LogP contribution < -0.4 is 16.4 Å². The van der Waals surface area contributed by atoms with Crippen LogP contribution in [0.5, 0.6) is 0 Å². The van der Waals surface area contributed by atoms with Crippen molar-refractivity contribution in [2.24, 2.45) is 11.7 Å². The summed E-state index contributed by atoms with van der Waals surface area (Å²) < 4.78 is 9.64. The Kier molecular flexibility index (Phi) is 7.83. The number of carbonyl (C=O) groups is 5. The highest BCUT2D eigenvalue weighted by molar-refractivity contribution is 5.96. The molecule has 0 radical (unpaired) electrons. The largest absolute Gasteiger partial charge is 0.466 e. The number of nitrogens with one attached hydrogen (secondary N) is 2. The van der Waals surface area contributed by atoms with E-state index in [9.17, 15) is 24.0 Å². The molecule has 0 aromatic carbocycles. The van der Waals surface area contributed by atoms with Crippen molar-refractivity contribution in [3.05, 3.63) is 0 Å². The van der Waals surface area contributed by atoms with E-state index < -0.39 is 48.2 Å². The zero-order valence-corrected chi connectivity index (χ0v) is 14.2. The first-order chi connectivity index (χ1) is 11.8. The van der Waals surface area contributed by atoms with Crippen LogP contribution in [0.2, 0.25) is 0 Å². The van der Waals surface area contributed by atoms with Crippen LogP contribution in [0.1, 0.15) is 33.1 Å². The summed E-state index contributed by atoms with van der Waals surface area (Å²) >= 11 is 0. The highest BCUT2D eigenvalue weighted by atomic mass is 16.5. The summed E-state index contributed by atoms with van der Waals surface area (Å²) in [5.41, 5.74) is 5.29. The van der Waals surface area contributed by atoms with Crippen molar-refractivity contribution in [2.75, 3.05) is 13.2 Å². The molecule has 0 unspecified atom stereocenters. The number of ether oxygens (including phenoxy) is 2. The first kappa shape index (κ1) is 20.4. The lowest BCUT2D eigenvalue weighted by Crippen LogP contribution is -2.55. The molecule has 0 saturated carbocycles. The molecular weight excluding hydrogens is 334 g/mol.